The maximum absolute atomic E-state index is 12.6. The van der Waals surface area contributed by atoms with Gasteiger partial charge in [-0.25, -0.2) is 0 Å². The van der Waals surface area contributed by atoms with Crippen LogP contribution in [0.15, 0.2) is 54.6 Å². The molecule has 0 saturated heterocycles. The SMILES string of the molecule is COc1cccc(C(=O)Nc2[c]cccc2NCc2cc(C)c(O)c(C)c2)c1. The molecule has 0 spiro atoms. The van der Waals surface area contributed by atoms with Crippen molar-refractivity contribution in [3.8, 4) is 11.5 Å². The molecule has 3 aromatic rings. The summed E-state index contributed by atoms with van der Waals surface area (Å²) in [5.41, 5.74) is 4.56. The smallest absolute Gasteiger partial charge is 0.255 e. The fraction of sp³-hybridized carbons (Fsp3) is 0.174. The Bertz CT molecular complexity index is 976. The number of aryl methyl sites for hydroxylation is 2. The van der Waals surface area contributed by atoms with E-state index in [1.165, 1.54) is 0 Å². The first kappa shape index (κ1) is 19.3. The molecule has 0 unspecified atom stereocenters. The van der Waals surface area contributed by atoms with E-state index < -0.39 is 0 Å². The number of hydrogen-bond donors (Lipinski definition) is 3. The summed E-state index contributed by atoms with van der Waals surface area (Å²) in [7, 11) is 1.57. The molecule has 3 aromatic carbocycles. The lowest BCUT2D eigenvalue weighted by Crippen LogP contribution is -2.14. The van der Waals surface area contributed by atoms with E-state index in [2.05, 4.69) is 16.7 Å². The van der Waals surface area contributed by atoms with Crippen LogP contribution >= 0.6 is 0 Å². The second-order valence-electron chi connectivity index (χ2n) is 6.58. The number of carbonyl (C=O) groups excluding carboxylic acids is 1. The van der Waals surface area contributed by atoms with Crippen LogP contribution in [-0.4, -0.2) is 18.1 Å². The van der Waals surface area contributed by atoms with Crippen molar-refractivity contribution in [3.63, 3.8) is 0 Å². The predicted molar refractivity (Wildman–Crippen MR) is 111 cm³/mol. The van der Waals surface area contributed by atoms with E-state index in [0.717, 1.165) is 22.4 Å². The Morgan fingerprint density at radius 3 is 2.57 bits per heavy atom. The van der Waals surface area contributed by atoms with Crippen LogP contribution in [0.3, 0.4) is 0 Å². The molecule has 0 fully saturated rings. The molecule has 0 aliphatic carbocycles. The van der Waals surface area contributed by atoms with Gasteiger partial charge in [-0.1, -0.05) is 30.3 Å². The molecular formula is C23H23N2O3. The van der Waals surface area contributed by atoms with E-state index in [1.54, 1.807) is 37.4 Å². The zero-order valence-corrected chi connectivity index (χ0v) is 16.2. The molecule has 0 aromatic heterocycles. The highest BCUT2D eigenvalue weighted by molar-refractivity contribution is 6.06. The highest BCUT2D eigenvalue weighted by atomic mass is 16.5. The van der Waals surface area contributed by atoms with Gasteiger partial charge in [0.15, 0.2) is 0 Å². The molecule has 0 aliphatic heterocycles. The van der Waals surface area contributed by atoms with Gasteiger partial charge in [0.25, 0.3) is 5.91 Å². The topological polar surface area (TPSA) is 70.6 Å². The molecule has 0 saturated carbocycles. The van der Waals surface area contributed by atoms with Gasteiger partial charge in [0, 0.05) is 18.2 Å². The van der Waals surface area contributed by atoms with E-state index >= 15 is 0 Å². The third-order valence-corrected chi connectivity index (χ3v) is 4.46. The van der Waals surface area contributed by atoms with E-state index in [1.807, 2.05) is 38.1 Å². The van der Waals surface area contributed by atoms with Crippen LogP contribution in [0.4, 0.5) is 11.4 Å². The lowest BCUT2D eigenvalue weighted by atomic mass is 10.1. The molecule has 0 aliphatic rings. The van der Waals surface area contributed by atoms with Gasteiger partial charge in [-0.2, -0.15) is 0 Å². The van der Waals surface area contributed by atoms with Gasteiger partial charge in [-0.05, 0) is 54.8 Å². The van der Waals surface area contributed by atoms with Crippen LogP contribution in [0, 0.1) is 19.9 Å². The van der Waals surface area contributed by atoms with Crippen LogP contribution in [0.1, 0.15) is 27.0 Å². The second-order valence-corrected chi connectivity index (χ2v) is 6.58. The first-order chi connectivity index (χ1) is 13.5. The number of aromatic hydroxyl groups is 1. The Hall–Kier alpha value is -3.47. The van der Waals surface area contributed by atoms with Crippen molar-refractivity contribution in [1.82, 2.24) is 0 Å². The monoisotopic (exact) mass is 375 g/mol. The number of anilines is 2. The van der Waals surface area contributed by atoms with Crippen LogP contribution < -0.4 is 15.4 Å². The summed E-state index contributed by atoms with van der Waals surface area (Å²) in [4.78, 5) is 12.6. The van der Waals surface area contributed by atoms with E-state index in [0.29, 0.717) is 29.3 Å². The number of amides is 1. The predicted octanol–water partition coefficient (Wildman–Crippen LogP) is 4.68. The number of nitrogens with one attached hydrogen (secondary N) is 2. The molecule has 143 valence electrons. The summed E-state index contributed by atoms with van der Waals surface area (Å²) >= 11 is 0. The molecule has 0 bridgehead atoms. The lowest BCUT2D eigenvalue weighted by Gasteiger charge is -2.14. The average molecular weight is 375 g/mol. The minimum Gasteiger partial charge on any atom is -0.507 e. The molecule has 1 amide bonds. The summed E-state index contributed by atoms with van der Waals surface area (Å²) in [6, 6.07) is 19.4. The quantitative estimate of drug-likeness (QED) is 0.585. The normalized spacial score (nSPS) is 10.4. The molecule has 0 heterocycles. The van der Waals surface area contributed by atoms with Gasteiger partial charge in [0.05, 0.1) is 18.5 Å². The molecular weight excluding hydrogens is 352 g/mol. The van der Waals surface area contributed by atoms with E-state index in [4.69, 9.17) is 4.74 Å². The number of methoxy groups -OCH3 is 1. The van der Waals surface area contributed by atoms with Gasteiger partial charge >= 0.3 is 0 Å². The number of carbonyl (C=O) groups is 1. The standard InChI is InChI=1S/C23H23N2O3/c1-15-11-17(12-16(2)22(15)26)14-24-20-9-4-5-10-21(20)25-23(27)18-7-6-8-19(13-18)28-3/h4-9,11-13,24,26H,14H2,1-3H3,(H,25,27). The minimum absolute atomic E-state index is 0.235. The summed E-state index contributed by atoms with van der Waals surface area (Å²) in [5, 5.41) is 16.1. The Labute approximate surface area is 165 Å². The Kier molecular flexibility index (Phi) is 5.84. The van der Waals surface area contributed by atoms with Gasteiger partial charge < -0.3 is 20.5 Å². The van der Waals surface area contributed by atoms with Crippen LogP contribution in [0.5, 0.6) is 11.5 Å². The van der Waals surface area contributed by atoms with Crippen molar-refractivity contribution >= 4 is 17.3 Å². The molecule has 5 nitrogen and oxygen atoms in total. The summed E-state index contributed by atoms with van der Waals surface area (Å²) in [6.07, 6.45) is 0. The highest BCUT2D eigenvalue weighted by Gasteiger charge is 2.11. The van der Waals surface area contributed by atoms with Gasteiger partial charge in [0.1, 0.15) is 11.5 Å². The van der Waals surface area contributed by atoms with Crippen molar-refractivity contribution in [2.24, 2.45) is 0 Å². The van der Waals surface area contributed by atoms with Crippen molar-refractivity contribution in [3.05, 3.63) is 82.9 Å². The summed E-state index contributed by atoms with van der Waals surface area (Å²) in [5.74, 6) is 0.713. The van der Waals surface area contributed by atoms with Crippen LogP contribution in [0.25, 0.3) is 0 Å². The van der Waals surface area contributed by atoms with E-state index in [9.17, 15) is 9.90 Å². The largest absolute Gasteiger partial charge is 0.507 e. The number of rotatable bonds is 6. The molecule has 0 atom stereocenters. The Balaban J connectivity index is 1.75. The number of para-hydroxylation sites is 1. The van der Waals surface area contributed by atoms with E-state index in [-0.39, 0.29) is 5.91 Å². The average Bonchev–Trinajstić information content (AvgIpc) is 2.71. The maximum atomic E-state index is 12.6. The van der Waals surface area contributed by atoms with Crippen LogP contribution in [0.2, 0.25) is 0 Å². The zero-order chi connectivity index (χ0) is 20.1. The molecule has 5 heteroatoms. The molecule has 3 N–H and O–H groups in total. The fourth-order valence-corrected chi connectivity index (χ4v) is 2.98. The number of benzene rings is 3. The lowest BCUT2D eigenvalue weighted by molar-refractivity contribution is 0.102. The fourth-order valence-electron chi connectivity index (χ4n) is 2.98. The second kappa shape index (κ2) is 8.48. The van der Waals surface area contributed by atoms with Gasteiger partial charge in [0.2, 0.25) is 0 Å². The first-order valence-corrected chi connectivity index (χ1v) is 8.97. The Morgan fingerprint density at radius 2 is 1.86 bits per heavy atom. The zero-order valence-electron chi connectivity index (χ0n) is 16.2. The van der Waals surface area contributed by atoms with Gasteiger partial charge in [-0.3, -0.25) is 4.79 Å². The highest BCUT2D eigenvalue weighted by Crippen LogP contribution is 2.26. The van der Waals surface area contributed by atoms with Crippen LogP contribution in [-0.2, 0) is 6.54 Å². The number of phenols is 1. The summed E-state index contributed by atoms with van der Waals surface area (Å²) < 4.78 is 5.18. The minimum atomic E-state index is -0.235. The summed E-state index contributed by atoms with van der Waals surface area (Å²) in [6.45, 7) is 4.31. The first-order valence-electron chi connectivity index (χ1n) is 8.97. The van der Waals surface area contributed by atoms with Crippen molar-refractivity contribution in [1.29, 1.82) is 0 Å². The Morgan fingerprint density at radius 1 is 1.11 bits per heavy atom. The third kappa shape index (κ3) is 4.43. The number of ether oxygens (including phenoxy) is 1. The maximum Gasteiger partial charge on any atom is 0.255 e. The molecule has 3 rings (SSSR count). The molecule has 1 radical (unpaired) electrons. The van der Waals surface area contributed by atoms with Crippen molar-refractivity contribution in [2.45, 2.75) is 20.4 Å². The van der Waals surface area contributed by atoms with Crippen molar-refractivity contribution in [2.75, 3.05) is 17.7 Å². The number of phenolic OH excluding ortho intramolecular Hbond substituents is 1. The van der Waals surface area contributed by atoms with Gasteiger partial charge in [-0.15, -0.1) is 0 Å². The number of hydrogen-bond acceptors (Lipinski definition) is 4. The van der Waals surface area contributed by atoms with Crippen molar-refractivity contribution < 1.29 is 14.6 Å². The third-order valence-electron chi connectivity index (χ3n) is 4.46. The molecule has 28 heavy (non-hydrogen) atoms.